The monoisotopic (exact) mass is 296 g/mol. The van der Waals surface area contributed by atoms with Crippen LogP contribution in [0.4, 0.5) is 5.13 Å². The Hall–Kier alpha value is -1.59. The molecule has 1 amide bonds. The number of ether oxygens (including phenoxy) is 1. The molecule has 100 valence electrons. The van der Waals surface area contributed by atoms with Gasteiger partial charge in [-0.3, -0.25) is 4.79 Å². The molecule has 0 saturated heterocycles. The van der Waals surface area contributed by atoms with Crippen LogP contribution in [0.3, 0.4) is 0 Å². The van der Waals surface area contributed by atoms with Gasteiger partial charge in [0.15, 0.2) is 5.13 Å². The van der Waals surface area contributed by atoms with Crippen LogP contribution in [-0.4, -0.2) is 18.0 Å². The Kier molecular flexibility index (Phi) is 4.39. The molecule has 0 aliphatic carbocycles. The molecule has 0 aliphatic heterocycles. The van der Waals surface area contributed by atoms with Gasteiger partial charge in [-0.05, 0) is 18.2 Å². The van der Waals surface area contributed by atoms with E-state index in [1.54, 1.807) is 26.2 Å². The number of halogens is 1. The number of nitrogens with one attached hydrogen (secondary N) is 1. The number of rotatable bonds is 4. The lowest BCUT2D eigenvalue weighted by molar-refractivity contribution is -0.115. The molecule has 0 spiro atoms. The van der Waals surface area contributed by atoms with Crippen LogP contribution >= 0.6 is 22.9 Å². The highest BCUT2D eigenvalue weighted by molar-refractivity contribution is 7.14. The fourth-order valence-electron chi connectivity index (χ4n) is 1.50. The van der Waals surface area contributed by atoms with Crippen molar-refractivity contribution in [3.05, 3.63) is 28.6 Å². The van der Waals surface area contributed by atoms with Gasteiger partial charge in [0, 0.05) is 17.4 Å². The second-order valence-electron chi connectivity index (χ2n) is 3.79. The van der Waals surface area contributed by atoms with E-state index >= 15 is 0 Å². The molecule has 1 N–H and O–H groups in total. The van der Waals surface area contributed by atoms with Gasteiger partial charge in [0.2, 0.25) is 5.91 Å². The summed E-state index contributed by atoms with van der Waals surface area (Å²) < 4.78 is 5.10. The highest BCUT2D eigenvalue weighted by atomic mass is 35.5. The van der Waals surface area contributed by atoms with E-state index in [-0.39, 0.29) is 5.91 Å². The number of methoxy groups -OCH3 is 1. The maximum Gasteiger partial charge on any atom is 0.225 e. The largest absolute Gasteiger partial charge is 0.495 e. The van der Waals surface area contributed by atoms with Crippen molar-refractivity contribution < 1.29 is 9.53 Å². The molecule has 0 aliphatic rings. The number of thiazole rings is 1. The Morgan fingerprint density at radius 3 is 2.95 bits per heavy atom. The maximum atomic E-state index is 11.3. The van der Waals surface area contributed by atoms with E-state index < -0.39 is 0 Å². The summed E-state index contributed by atoms with van der Waals surface area (Å²) in [4.78, 5) is 15.6. The quantitative estimate of drug-likeness (QED) is 0.933. The number of hydrogen-bond donors (Lipinski definition) is 1. The van der Waals surface area contributed by atoms with Crippen molar-refractivity contribution in [1.82, 2.24) is 4.98 Å². The van der Waals surface area contributed by atoms with Gasteiger partial charge in [-0.25, -0.2) is 4.98 Å². The van der Waals surface area contributed by atoms with Gasteiger partial charge >= 0.3 is 0 Å². The summed E-state index contributed by atoms with van der Waals surface area (Å²) in [5.41, 5.74) is 1.67. The Labute approximate surface area is 120 Å². The third-order valence-electron chi connectivity index (χ3n) is 2.52. The zero-order valence-electron chi connectivity index (χ0n) is 10.6. The second-order valence-corrected chi connectivity index (χ2v) is 5.05. The lowest BCUT2D eigenvalue weighted by Crippen LogP contribution is -2.08. The molecule has 1 heterocycles. The Morgan fingerprint density at radius 1 is 1.53 bits per heavy atom. The van der Waals surface area contributed by atoms with E-state index in [9.17, 15) is 4.79 Å². The molecule has 0 bridgehead atoms. The molecular formula is C13H13ClN2O2S. The van der Waals surface area contributed by atoms with E-state index in [2.05, 4.69) is 10.3 Å². The Balaban J connectivity index is 2.23. The third-order valence-corrected chi connectivity index (χ3v) is 3.57. The molecule has 1 aromatic carbocycles. The number of aromatic nitrogens is 1. The molecule has 2 aromatic rings. The van der Waals surface area contributed by atoms with Crippen molar-refractivity contribution in [2.24, 2.45) is 0 Å². The van der Waals surface area contributed by atoms with Gasteiger partial charge < -0.3 is 10.1 Å². The first-order valence-corrected chi connectivity index (χ1v) is 6.99. The first-order valence-electron chi connectivity index (χ1n) is 5.73. The minimum Gasteiger partial charge on any atom is -0.495 e. The molecule has 0 saturated carbocycles. The van der Waals surface area contributed by atoms with Crippen molar-refractivity contribution in [3.63, 3.8) is 0 Å². The molecule has 1 aromatic heterocycles. The zero-order valence-corrected chi connectivity index (χ0v) is 12.1. The summed E-state index contributed by atoms with van der Waals surface area (Å²) >= 11 is 7.46. The van der Waals surface area contributed by atoms with Gasteiger partial charge in [0.1, 0.15) is 5.75 Å². The van der Waals surface area contributed by atoms with Gasteiger partial charge in [0.05, 0.1) is 17.8 Å². The standard InChI is InChI=1S/C13H13ClN2O2S/c1-3-12(17)16-13-15-10(7-19-13)8-4-5-11(18-2)9(14)6-8/h4-7H,3H2,1-2H3,(H,15,16,17). The molecule has 6 heteroatoms. The summed E-state index contributed by atoms with van der Waals surface area (Å²) in [7, 11) is 1.57. The van der Waals surface area contributed by atoms with Crippen LogP contribution in [0.2, 0.25) is 5.02 Å². The smallest absolute Gasteiger partial charge is 0.225 e. The van der Waals surface area contributed by atoms with Crippen LogP contribution < -0.4 is 10.1 Å². The third kappa shape index (κ3) is 3.24. The van der Waals surface area contributed by atoms with Crippen molar-refractivity contribution in [3.8, 4) is 17.0 Å². The first-order chi connectivity index (χ1) is 9.13. The van der Waals surface area contributed by atoms with Crippen LogP contribution in [0.25, 0.3) is 11.3 Å². The number of carbonyl (C=O) groups excluding carboxylic acids is 1. The lowest BCUT2D eigenvalue weighted by Gasteiger charge is -2.04. The van der Waals surface area contributed by atoms with Crippen LogP contribution in [0.15, 0.2) is 23.6 Å². The number of hydrogen-bond acceptors (Lipinski definition) is 4. The van der Waals surface area contributed by atoms with Crippen LogP contribution in [0, 0.1) is 0 Å². The highest BCUT2D eigenvalue weighted by Crippen LogP contribution is 2.31. The number of anilines is 1. The summed E-state index contributed by atoms with van der Waals surface area (Å²) in [5.74, 6) is 0.578. The first kappa shape index (κ1) is 13.8. The number of benzene rings is 1. The van der Waals surface area contributed by atoms with Crippen molar-refractivity contribution in [2.45, 2.75) is 13.3 Å². The zero-order chi connectivity index (χ0) is 13.8. The topological polar surface area (TPSA) is 51.2 Å². The molecule has 0 unspecified atom stereocenters. The predicted molar refractivity (Wildman–Crippen MR) is 78.0 cm³/mol. The van der Waals surface area contributed by atoms with E-state index in [1.807, 2.05) is 11.4 Å². The maximum absolute atomic E-state index is 11.3. The van der Waals surface area contributed by atoms with E-state index in [0.717, 1.165) is 11.3 Å². The molecule has 0 radical (unpaired) electrons. The average molecular weight is 297 g/mol. The van der Waals surface area contributed by atoms with Crippen molar-refractivity contribution in [2.75, 3.05) is 12.4 Å². The van der Waals surface area contributed by atoms with Crippen LogP contribution in [0.5, 0.6) is 5.75 Å². The minimum atomic E-state index is -0.0475. The Bertz CT molecular complexity index is 598. The molecule has 4 nitrogen and oxygen atoms in total. The Morgan fingerprint density at radius 2 is 2.32 bits per heavy atom. The fraction of sp³-hybridized carbons (Fsp3) is 0.231. The van der Waals surface area contributed by atoms with E-state index in [4.69, 9.17) is 16.3 Å². The van der Waals surface area contributed by atoms with Crippen molar-refractivity contribution >= 4 is 34.0 Å². The average Bonchev–Trinajstić information content (AvgIpc) is 2.87. The lowest BCUT2D eigenvalue weighted by atomic mass is 10.2. The molecule has 19 heavy (non-hydrogen) atoms. The molecule has 2 rings (SSSR count). The SMILES string of the molecule is CCC(=O)Nc1nc(-c2ccc(OC)c(Cl)c2)cs1. The fourth-order valence-corrected chi connectivity index (χ4v) is 2.49. The molecular weight excluding hydrogens is 284 g/mol. The van der Waals surface area contributed by atoms with E-state index in [0.29, 0.717) is 22.3 Å². The van der Waals surface area contributed by atoms with Crippen LogP contribution in [0.1, 0.15) is 13.3 Å². The number of carbonyl (C=O) groups is 1. The van der Waals surface area contributed by atoms with Gasteiger partial charge in [0.25, 0.3) is 0 Å². The van der Waals surface area contributed by atoms with Gasteiger partial charge in [-0.15, -0.1) is 11.3 Å². The van der Waals surface area contributed by atoms with E-state index in [1.165, 1.54) is 11.3 Å². The number of nitrogens with zero attached hydrogens (tertiary/aromatic N) is 1. The summed E-state index contributed by atoms with van der Waals surface area (Å²) in [5, 5.41) is 5.73. The second kappa shape index (κ2) is 6.04. The normalized spacial score (nSPS) is 10.3. The highest BCUT2D eigenvalue weighted by Gasteiger charge is 2.09. The van der Waals surface area contributed by atoms with Gasteiger partial charge in [-0.1, -0.05) is 18.5 Å². The summed E-state index contributed by atoms with van der Waals surface area (Å²) in [6.07, 6.45) is 0.434. The summed E-state index contributed by atoms with van der Waals surface area (Å²) in [6, 6.07) is 5.47. The summed E-state index contributed by atoms with van der Waals surface area (Å²) in [6.45, 7) is 1.80. The molecule has 0 atom stereocenters. The van der Waals surface area contributed by atoms with Gasteiger partial charge in [-0.2, -0.15) is 0 Å². The minimum absolute atomic E-state index is 0.0475. The van der Waals surface area contributed by atoms with Crippen LogP contribution in [-0.2, 0) is 4.79 Å². The number of amides is 1. The van der Waals surface area contributed by atoms with Crippen molar-refractivity contribution in [1.29, 1.82) is 0 Å². The predicted octanol–water partition coefficient (Wildman–Crippen LogP) is 3.82. The molecule has 0 fully saturated rings.